The van der Waals surface area contributed by atoms with Crippen molar-refractivity contribution in [3.63, 3.8) is 0 Å². The number of fused-ring (bicyclic) bond motifs is 1. The molecule has 18 heavy (non-hydrogen) atoms. The van der Waals surface area contributed by atoms with E-state index in [0.29, 0.717) is 12.5 Å². The zero-order valence-corrected chi connectivity index (χ0v) is 11.3. The number of hydrogen-bond acceptors (Lipinski definition) is 2. The molecule has 0 radical (unpaired) electrons. The van der Waals surface area contributed by atoms with Crippen molar-refractivity contribution in [2.45, 2.75) is 45.2 Å². The van der Waals surface area contributed by atoms with E-state index in [1.165, 1.54) is 0 Å². The SMILES string of the molecule is CC(C)N(C)C(=O)N1CC2CCCC2C1C(=O)O. The van der Waals surface area contributed by atoms with Gasteiger partial charge in [-0.2, -0.15) is 0 Å². The topological polar surface area (TPSA) is 60.9 Å². The Balaban J connectivity index is 2.17. The molecule has 0 aromatic rings. The normalized spacial score (nSPS) is 30.7. The van der Waals surface area contributed by atoms with Crippen molar-refractivity contribution < 1.29 is 14.7 Å². The Morgan fingerprint density at radius 2 is 2.00 bits per heavy atom. The maximum Gasteiger partial charge on any atom is 0.326 e. The third-order valence-electron chi connectivity index (χ3n) is 4.47. The number of amides is 2. The number of carbonyl (C=O) groups is 2. The molecule has 0 spiro atoms. The molecule has 2 fully saturated rings. The fraction of sp³-hybridized carbons (Fsp3) is 0.846. The summed E-state index contributed by atoms with van der Waals surface area (Å²) in [6.45, 7) is 4.48. The van der Waals surface area contributed by atoms with Gasteiger partial charge in [0, 0.05) is 19.6 Å². The summed E-state index contributed by atoms with van der Waals surface area (Å²) in [7, 11) is 1.74. The van der Waals surface area contributed by atoms with E-state index in [1.54, 1.807) is 16.8 Å². The van der Waals surface area contributed by atoms with Gasteiger partial charge in [-0.15, -0.1) is 0 Å². The van der Waals surface area contributed by atoms with Gasteiger partial charge in [0.05, 0.1) is 0 Å². The number of hydrogen-bond donors (Lipinski definition) is 1. The van der Waals surface area contributed by atoms with Gasteiger partial charge in [-0.05, 0) is 38.5 Å². The van der Waals surface area contributed by atoms with E-state index in [0.717, 1.165) is 19.3 Å². The quantitative estimate of drug-likeness (QED) is 0.814. The van der Waals surface area contributed by atoms with E-state index in [1.807, 2.05) is 13.8 Å². The number of carboxylic acid groups (broad SMARTS) is 1. The maximum atomic E-state index is 12.3. The number of rotatable bonds is 2. The molecule has 5 nitrogen and oxygen atoms in total. The Kier molecular flexibility index (Phi) is 3.50. The van der Waals surface area contributed by atoms with Crippen LogP contribution in [0.5, 0.6) is 0 Å². The molecule has 0 bridgehead atoms. The van der Waals surface area contributed by atoms with E-state index >= 15 is 0 Å². The Morgan fingerprint density at radius 3 is 2.56 bits per heavy atom. The fourth-order valence-electron chi connectivity index (χ4n) is 3.24. The van der Waals surface area contributed by atoms with Gasteiger partial charge in [-0.3, -0.25) is 0 Å². The molecule has 2 rings (SSSR count). The fourth-order valence-corrected chi connectivity index (χ4v) is 3.24. The zero-order valence-electron chi connectivity index (χ0n) is 11.3. The summed E-state index contributed by atoms with van der Waals surface area (Å²) >= 11 is 0. The molecule has 1 saturated heterocycles. The van der Waals surface area contributed by atoms with Crippen LogP contribution < -0.4 is 0 Å². The van der Waals surface area contributed by atoms with E-state index in [4.69, 9.17) is 0 Å². The van der Waals surface area contributed by atoms with Gasteiger partial charge < -0.3 is 14.9 Å². The van der Waals surface area contributed by atoms with Crippen LogP contribution in [0.2, 0.25) is 0 Å². The van der Waals surface area contributed by atoms with Crippen molar-refractivity contribution in [2.75, 3.05) is 13.6 Å². The first-order chi connectivity index (χ1) is 8.43. The lowest BCUT2D eigenvalue weighted by atomic mass is 9.94. The van der Waals surface area contributed by atoms with Gasteiger partial charge in [-0.25, -0.2) is 9.59 Å². The number of likely N-dealkylation sites (tertiary alicyclic amines) is 1. The minimum atomic E-state index is -0.852. The third kappa shape index (κ3) is 2.06. The van der Waals surface area contributed by atoms with Crippen molar-refractivity contribution in [2.24, 2.45) is 11.8 Å². The van der Waals surface area contributed by atoms with Crippen LogP contribution in [-0.4, -0.2) is 52.6 Å². The van der Waals surface area contributed by atoms with Crippen LogP contribution in [0.15, 0.2) is 0 Å². The van der Waals surface area contributed by atoms with Gasteiger partial charge in [0.2, 0.25) is 0 Å². The maximum absolute atomic E-state index is 12.3. The molecule has 2 aliphatic rings. The lowest BCUT2D eigenvalue weighted by molar-refractivity contribution is -0.142. The highest BCUT2D eigenvalue weighted by molar-refractivity contribution is 5.84. The van der Waals surface area contributed by atoms with E-state index in [2.05, 4.69) is 0 Å². The minimum Gasteiger partial charge on any atom is -0.480 e. The van der Waals surface area contributed by atoms with Gasteiger partial charge in [-0.1, -0.05) is 6.42 Å². The summed E-state index contributed by atoms with van der Waals surface area (Å²) in [4.78, 5) is 26.9. The first kappa shape index (κ1) is 13.2. The second kappa shape index (κ2) is 4.78. The monoisotopic (exact) mass is 254 g/mol. The highest BCUT2D eigenvalue weighted by atomic mass is 16.4. The average molecular weight is 254 g/mol. The summed E-state index contributed by atoms with van der Waals surface area (Å²) in [6, 6.07) is -0.676. The van der Waals surface area contributed by atoms with Gasteiger partial charge >= 0.3 is 12.0 Å². The standard InChI is InChI=1S/C13H22N2O3/c1-8(2)14(3)13(18)15-7-9-5-4-6-10(9)11(15)12(16)17/h8-11H,4-7H2,1-3H3,(H,16,17). The second-order valence-corrected chi connectivity index (χ2v) is 5.78. The Labute approximate surface area is 108 Å². The summed E-state index contributed by atoms with van der Waals surface area (Å²) in [5, 5.41) is 9.39. The van der Waals surface area contributed by atoms with Gasteiger partial charge in [0.1, 0.15) is 6.04 Å². The van der Waals surface area contributed by atoms with Crippen molar-refractivity contribution in [1.82, 2.24) is 9.80 Å². The van der Waals surface area contributed by atoms with Crippen LogP contribution >= 0.6 is 0 Å². The molecule has 2 amide bonds. The molecule has 1 aliphatic heterocycles. The number of carboxylic acids is 1. The predicted octanol–water partition coefficient (Wildman–Crippen LogP) is 1.63. The molecular weight excluding hydrogens is 232 g/mol. The molecule has 102 valence electrons. The lowest BCUT2D eigenvalue weighted by Crippen LogP contribution is -2.50. The van der Waals surface area contributed by atoms with Crippen LogP contribution in [0, 0.1) is 11.8 Å². The highest BCUT2D eigenvalue weighted by Gasteiger charge is 2.50. The van der Waals surface area contributed by atoms with Gasteiger partial charge in [0.25, 0.3) is 0 Å². The summed E-state index contributed by atoms with van der Waals surface area (Å²) < 4.78 is 0. The zero-order chi connectivity index (χ0) is 13.4. The van der Waals surface area contributed by atoms with Crippen LogP contribution in [0.4, 0.5) is 4.79 Å². The van der Waals surface area contributed by atoms with Crippen LogP contribution in [0.3, 0.4) is 0 Å². The second-order valence-electron chi connectivity index (χ2n) is 5.78. The predicted molar refractivity (Wildman–Crippen MR) is 67.3 cm³/mol. The molecule has 1 N–H and O–H groups in total. The molecule has 0 aromatic heterocycles. The van der Waals surface area contributed by atoms with Crippen molar-refractivity contribution in [3.8, 4) is 0 Å². The Bertz CT molecular complexity index is 356. The van der Waals surface area contributed by atoms with E-state index < -0.39 is 12.0 Å². The minimum absolute atomic E-state index is 0.0902. The van der Waals surface area contributed by atoms with Crippen molar-refractivity contribution in [3.05, 3.63) is 0 Å². The first-order valence-corrected chi connectivity index (χ1v) is 6.69. The van der Waals surface area contributed by atoms with E-state index in [9.17, 15) is 14.7 Å². The number of nitrogens with zero attached hydrogens (tertiary/aromatic N) is 2. The number of urea groups is 1. The molecule has 0 aromatic carbocycles. The molecule has 5 heteroatoms. The average Bonchev–Trinajstić information content (AvgIpc) is 2.85. The van der Waals surface area contributed by atoms with Gasteiger partial charge in [0.15, 0.2) is 0 Å². The van der Waals surface area contributed by atoms with Crippen LogP contribution in [0.1, 0.15) is 33.1 Å². The molecular formula is C13H22N2O3. The highest BCUT2D eigenvalue weighted by Crippen LogP contribution is 2.42. The lowest BCUT2D eigenvalue weighted by Gasteiger charge is -2.31. The molecule has 1 aliphatic carbocycles. The third-order valence-corrected chi connectivity index (χ3v) is 4.47. The smallest absolute Gasteiger partial charge is 0.326 e. The summed E-state index contributed by atoms with van der Waals surface area (Å²) in [5.41, 5.74) is 0. The van der Waals surface area contributed by atoms with E-state index in [-0.39, 0.29) is 18.0 Å². The molecule has 3 atom stereocenters. The molecule has 1 saturated carbocycles. The molecule has 3 unspecified atom stereocenters. The first-order valence-electron chi connectivity index (χ1n) is 6.69. The van der Waals surface area contributed by atoms with Crippen LogP contribution in [-0.2, 0) is 4.79 Å². The molecule has 1 heterocycles. The largest absolute Gasteiger partial charge is 0.480 e. The number of carbonyl (C=O) groups excluding carboxylic acids is 1. The summed E-state index contributed by atoms with van der Waals surface area (Å²) in [5.74, 6) is -0.308. The Morgan fingerprint density at radius 1 is 1.33 bits per heavy atom. The van der Waals surface area contributed by atoms with Crippen molar-refractivity contribution in [1.29, 1.82) is 0 Å². The Hall–Kier alpha value is -1.26. The summed E-state index contributed by atoms with van der Waals surface area (Å²) in [6.07, 6.45) is 3.10. The van der Waals surface area contributed by atoms with Crippen molar-refractivity contribution >= 4 is 12.0 Å². The van der Waals surface area contributed by atoms with Crippen LogP contribution in [0.25, 0.3) is 0 Å². The number of aliphatic carboxylic acids is 1.